The lowest BCUT2D eigenvalue weighted by Gasteiger charge is -2.24. The topological polar surface area (TPSA) is 58.3 Å². The number of hydrogen-bond donors (Lipinski definition) is 2. The standard InChI is InChI=1S/C17H26N2O2/c1-4-12(5-2)17(21)16(20)11-14-13-9-7-8-10-15(13)19(6-3)18-14/h7-10,12,16-17,20-21H,4-6,11H2,1-3H3. The molecule has 2 aromatic rings. The Morgan fingerprint density at radius 1 is 1.10 bits per heavy atom. The van der Waals surface area contributed by atoms with Crippen molar-refractivity contribution < 1.29 is 10.2 Å². The minimum atomic E-state index is -0.765. The second-order valence-electron chi connectivity index (χ2n) is 5.62. The zero-order chi connectivity index (χ0) is 15.4. The van der Waals surface area contributed by atoms with Gasteiger partial charge in [-0.1, -0.05) is 44.9 Å². The van der Waals surface area contributed by atoms with Crippen LogP contribution >= 0.6 is 0 Å². The third-order valence-electron chi connectivity index (χ3n) is 4.36. The van der Waals surface area contributed by atoms with Crippen LogP contribution in [0.25, 0.3) is 10.9 Å². The minimum Gasteiger partial charge on any atom is -0.390 e. The van der Waals surface area contributed by atoms with Crippen molar-refractivity contribution in [3.05, 3.63) is 30.0 Å². The highest BCUT2D eigenvalue weighted by molar-refractivity contribution is 5.82. The summed E-state index contributed by atoms with van der Waals surface area (Å²) >= 11 is 0. The summed E-state index contributed by atoms with van der Waals surface area (Å²) in [5.41, 5.74) is 1.95. The Kier molecular flexibility index (Phi) is 5.37. The number of rotatable bonds is 7. The largest absolute Gasteiger partial charge is 0.390 e. The number of para-hydroxylation sites is 1. The molecule has 4 heteroatoms. The molecule has 2 atom stereocenters. The Labute approximate surface area is 126 Å². The summed E-state index contributed by atoms with van der Waals surface area (Å²) in [6, 6.07) is 8.05. The van der Waals surface area contributed by atoms with Crippen LogP contribution in [0.15, 0.2) is 24.3 Å². The summed E-state index contributed by atoms with van der Waals surface area (Å²) in [5, 5.41) is 26.3. The average molecular weight is 290 g/mol. The van der Waals surface area contributed by atoms with Gasteiger partial charge in [-0.2, -0.15) is 5.10 Å². The third kappa shape index (κ3) is 3.27. The maximum atomic E-state index is 10.3. The van der Waals surface area contributed by atoms with Crippen LogP contribution in [0.3, 0.4) is 0 Å². The van der Waals surface area contributed by atoms with Crippen molar-refractivity contribution >= 4 is 10.9 Å². The van der Waals surface area contributed by atoms with Crippen molar-refractivity contribution in [1.29, 1.82) is 0 Å². The van der Waals surface area contributed by atoms with E-state index in [1.165, 1.54) is 0 Å². The van der Waals surface area contributed by atoms with Crippen molar-refractivity contribution in [2.75, 3.05) is 0 Å². The lowest BCUT2D eigenvalue weighted by atomic mass is 9.90. The molecule has 0 aliphatic heterocycles. The molecule has 0 fully saturated rings. The van der Waals surface area contributed by atoms with Gasteiger partial charge in [-0.3, -0.25) is 4.68 Å². The van der Waals surface area contributed by atoms with E-state index in [0.717, 1.165) is 36.0 Å². The van der Waals surface area contributed by atoms with Gasteiger partial charge in [0.25, 0.3) is 0 Å². The van der Waals surface area contributed by atoms with Crippen molar-refractivity contribution in [3.63, 3.8) is 0 Å². The summed E-state index contributed by atoms with van der Waals surface area (Å²) in [6.07, 6.45) is 0.687. The van der Waals surface area contributed by atoms with Gasteiger partial charge in [0.05, 0.1) is 23.4 Å². The maximum Gasteiger partial charge on any atom is 0.0858 e. The van der Waals surface area contributed by atoms with Gasteiger partial charge in [0, 0.05) is 18.4 Å². The Bertz CT molecular complexity index is 575. The number of fused-ring (bicyclic) bond motifs is 1. The molecule has 2 rings (SSSR count). The second kappa shape index (κ2) is 7.05. The van der Waals surface area contributed by atoms with E-state index in [9.17, 15) is 10.2 Å². The van der Waals surface area contributed by atoms with E-state index in [4.69, 9.17) is 0 Å². The quantitative estimate of drug-likeness (QED) is 0.824. The molecule has 0 aliphatic carbocycles. The predicted octanol–water partition coefficient (Wildman–Crippen LogP) is 2.76. The van der Waals surface area contributed by atoms with Crippen molar-refractivity contribution in [1.82, 2.24) is 9.78 Å². The van der Waals surface area contributed by atoms with E-state index in [0.29, 0.717) is 6.42 Å². The normalized spacial score (nSPS) is 14.8. The number of nitrogens with zero attached hydrogens (tertiary/aromatic N) is 2. The van der Waals surface area contributed by atoms with Gasteiger partial charge < -0.3 is 10.2 Å². The molecule has 1 heterocycles. The molecule has 4 nitrogen and oxygen atoms in total. The number of aliphatic hydroxyl groups is 2. The summed E-state index contributed by atoms with van der Waals surface area (Å²) in [7, 11) is 0. The van der Waals surface area contributed by atoms with Crippen molar-refractivity contribution in [2.24, 2.45) is 5.92 Å². The molecule has 116 valence electrons. The number of aromatic nitrogens is 2. The van der Waals surface area contributed by atoms with E-state index in [1.54, 1.807) is 0 Å². The zero-order valence-electron chi connectivity index (χ0n) is 13.2. The van der Waals surface area contributed by atoms with Gasteiger partial charge in [0.2, 0.25) is 0 Å². The molecule has 0 aliphatic rings. The summed E-state index contributed by atoms with van der Waals surface area (Å²) in [4.78, 5) is 0. The van der Waals surface area contributed by atoms with Crippen LogP contribution in [-0.4, -0.2) is 32.2 Å². The fourth-order valence-corrected chi connectivity index (χ4v) is 2.99. The van der Waals surface area contributed by atoms with Gasteiger partial charge in [-0.05, 0) is 18.9 Å². The molecule has 2 unspecified atom stereocenters. The molecule has 0 radical (unpaired) electrons. The lowest BCUT2D eigenvalue weighted by Crippen LogP contribution is -2.34. The monoisotopic (exact) mass is 290 g/mol. The van der Waals surface area contributed by atoms with Crippen LogP contribution in [0.5, 0.6) is 0 Å². The highest BCUT2D eigenvalue weighted by Crippen LogP contribution is 2.23. The van der Waals surface area contributed by atoms with Crippen LogP contribution in [0.1, 0.15) is 39.3 Å². The zero-order valence-corrected chi connectivity index (χ0v) is 13.2. The molecule has 1 aromatic carbocycles. The fraction of sp³-hybridized carbons (Fsp3) is 0.588. The van der Waals surface area contributed by atoms with Crippen molar-refractivity contribution in [2.45, 2.75) is 58.8 Å². The van der Waals surface area contributed by atoms with E-state index in [2.05, 4.69) is 12.0 Å². The third-order valence-corrected chi connectivity index (χ3v) is 4.36. The summed E-state index contributed by atoms with van der Waals surface area (Å²) < 4.78 is 1.95. The van der Waals surface area contributed by atoms with Crippen LogP contribution in [0.4, 0.5) is 0 Å². The Hall–Kier alpha value is -1.39. The first-order valence-electron chi connectivity index (χ1n) is 7.92. The lowest BCUT2D eigenvalue weighted by molar-refractivity contribution is -0.0191. The van der Waals surface area contributed by atoms with Crippen LogP contribution in [-0.2, 0) is 13.0 Å². The molecule has 0 spiro atoms. The Balaban J connectivity index is 2.23. The molecule has 0 amide bonds. The number of aryl methyl sites for hydroxylation is 1. The molecular weight excluding hydrogens is 264 g/mol. The SMILES string of the molecule is CCC(CC)C(O)C(O)Cc1nn(CC)c2ccccc12. The first kappa shape index (κ1) is 16.0. The molecule has 0 bridgehead atoms. The van der Waals surface area contributed by atoms with Crippen molar-refractivity contribution in [3.8, 4) is 0 Å². The second-order valence-corrected chi connectivity index (χ2v) is 5.62. The molecule has 2 N–H and O–H groups in total. The Morgan fingerprint density at radius 2 is 1.76 bits per heavy atom. The molecule has 0 saturated heterocycles. The van der Waals surface area contributed by atoms with E-state index >= 15 is 0 Å². The number of benzene rings is 1. The Morgan fingerprint density at radius 3 is 2.38 bits per heavy atom. The molecular formula is C17H26N2O2. The highest BCUT2D eigenvalue weighted by atomic mass is 16.3. The van der Waals surface area contributed by atoms with Gasteiger partial charge in [-0.15, -0.1) is 0 Å². The van der Waals surface area contributed by atoms with Crippen LogP contribution < -0.4 is 0 Å². The summed E-state index contributed by atoms with van der Waals surface area (Å²) in [5.74, 6) is 0.138. The van der Waals surface area contributed by atoms with Gasteiger partial charge in [-0.25, -0.2) is 0 Å². The van der Waals surface area contributed by atoms with E-state index < -0.39 is 12.2 Å². The smallest absolute Gasteiger partial charge is 0.0858 e. The number of hydrogen-bond acceptors (Lipinski definition) is 3. The average Bonchev–Trinajstić information content (AvgIpc) is 2.86. The van der Waals surface area contributed by atoms with Gasteiger partial charge in [0.15, 0.2) is 0 Å². The van der Waals surface area contributed by atoms with E-state index in [-0.39, 0.29) is 5.92 Å². The summed E-state index contributed by atoms with van der Waals surface area (Å²) in [6.45, 7) is 6.95. The van der Waals surface area contributed by atoms with Crippen LogP contribution in [0.2, 0.25) is 0 Å². The van der Waals surface area contributed by atoms with Gasteiger partial charge in [0.1, 0.15) is 0 Å². The fourth-order valence-electron chi connectivity index (χ4n) is 2.99. The first-order chi connectivity index (χ1) is 10.1. The highest BCUT2D eigenvalue weighted by Gasteiger charge is 2.25. The number of aliphatic hydroxyl groups excluding tert-OH is 2. The van der Waals surface area contributed by atoms with Gasteiger partial charge >= 0.3 is 0 Å². The molecule has 21 heavy (non-hydrogen) atoms. The predicted molar refractivity (Wildman–Crippen MR) is 85.2 cm³/mol. The van der Waals surface area contributed by atoms with Crippen LogP contribution in [0, 0.1) is 5.92 Å². The minimum absolute atomic E-state index is 0.138. The van der Waals surface area contributed by atoms with E-state index in [1.807, 2.05) is 42.8 Å². The first-order valence-corrected chi connectivity index (χ1v) is 7.92. The maximum absolute atomic E-state index is 10.3. The molecule has 0 saturated carbocycles. The molecule has 1 aromatic heterocycles.